The van der Waals surface area contributed by atoms with Crippen LogP contribution in [0.15, 0.2) is 41.2 Å². The van der Waals surface area contributed by atoms with Crippen LogP contribution in [0.1, 0.15) is 18.3 Å². The molecule has 27 heavy (non-hydrogen) atoms. The molecular weight excluding hydrogens is 370 g/mol. The Balaban J connectivity index is 1.70. The Labute approximate surface area is 151 Å². The fraction of sp³-hybridized carbons (Fsp3) is 0.312. The average molecular weight is 385 g/mol. The van der Waals surface area contributed by atoms with E-state index in [1.54, 1.807) is 24.1 Å². The lowest BCUT2D eigenvalue weighted by atomic mass is 10.2. The lowest BCUT2D eigenvalue weighted by Crippen LogP contribution is -2.20. The van der Waals surface area contributed by atoms with Gasteiger partial charge in [-0.1, -0.05) is 17.3 Å². The van der Waals surface area contributed by atoms with Crippen LogP contribution in [0.4, 0.5) is 17.6 Å². The summed E-state index contributed by atoms with van der Waals surface area (Å²) < 4.78 is 61.1. The van der Waals surface area contributed by atoms with Gasteiger partial charge >= 0.3 is 13.2 Å². The van der Waals surface area contributed by atoms with E-state index >= 15 is 0 Å². The molecule has 3 aromatic rings. The minimum atomic E-state index is -2.98. The number of alkyl halides is 4. The van der Waals surface area contributed by atoms with Crippen molar-refractivity contribution in [2.45, 2.75) is 26.3 Å². The molecule has 0 saturated carbocycles. The fourth-order valence-electron chi connectivity index (χ4n) is 2.45. The zero-order valence-electron chi connectivity index (χ0n) is 14.1. The highest BCUT2D eigenvalue weighted by molar-refractivity contribution is 5.63. The van der Waals surface area contributed by atoms with Crippen molar-refractivity contribution >= 4 is 0 Å². The van der Waals surface area contributed by atoms with E-state index in [2.05, 4.69) is 19.9 Å². The predicted molar refractivity (Wildman–Crippen MR) is 85.0 cm³/mol. The molecule has 0 aliphatic heterocycles. The minimum Gasteiger partial charge on any atom is -0.434 e. The summed E-state index contributed by atoms with van der Waals surface area (Å²) in [4.78, 5) is 9.71. The molecule has 144 valence electrons. The molecule has 0 aliphatic carbocycles. The molecule has 0 amide bonds. The molecule has 0 atom stereocenters. The number of para-hydroxylation sites is 1. The van der Waals surface area contributed by atoms with Gasteiger partial charge in [0.2, 0.25) is 11.7 Å². The van der Waals surface area contributed by atoms with Gasteiger partial charge in [0.05, 0.1) is 18.7 Å². The first-order valence-electron chi connectivity index (χ1n) is 7.79. The van der Waals surface area contributed by atoms with Crippen molar-refractivity contribution in [2.24, 2.45) is 0 Å². The minimum absolute atomic E-state index is 0.0767. The molecule has 0 unspecified atom stereocenters. The van der Waals surface area contributed by atoms with Crippen LogP contribution in [-0.2, 0) is 13.1 Å². The van der Waals surface area contributed by atoms with Crippen molar-refractivity contribution < 1.29 is 26.8 Å². The lowest BCUT2D eigenvalue weighted by Gasteiger charge is -2.14. The van der Waals surface area contributed by atoms with Crippen molar-refractivity contribution in [1.29, 1.82) is 0 Å². The van der Waals surface area contributed by atoms with Crippen LogP contribution in [0.25, 0.3) is 11.4 Å². The highest BCUT2D eigenvalue weighted by atomic mass is 19.3. The van der Waals surface area contributed by atoms with Gasteiger partial charge < -0.3 is 9.26 Å². The van der Waals surface area contributed by atoms with Crippen molar-refractivity contribution in [2.75, 3.05) is 7.05 Å². The Kier molecular flexibility index (Phi) is 5.69. The molecule has 0 N–H and O–H groups in total. The first-order chi connectivity index (χ1) is 12.9. The Bertz CT molecular complexity index is 883. The number of halogens is 4. The van der Waals surface area contributed by atoms with Crippen LogP contribution in [0.5, 0.6) is 5.75 Å². The zero-order chi connectivity index (χ0) is 19.4. The molecule has 0 aliphatic rings. The number of benzene rings is 1. The number of ether oxygens (including phenoxy) is 1. The summed E-state index contributed by atoms with van der Waals surface area (Å²) in [5, 5.41) is 3.77. The molecule has 0 radical (unpaired) electrons. The lowest BCUT2D eigenvalue weighted by molar-refractivity contribution is -0.0494. The van der Waals surface area contributed by atoms with Crippen LogP contribution in [0.3, 0.4) is 0 Å². The fourth-order valence-corrected chi connectivity index (χ4v) is 2.45. The second kappa shape index (κ2) is 8.16. The molecule has 0 bridgehead atoms. The number of imidazole rings is 1. The molecular formula is C16H15F4N5O2. The van der Waals surface area contributed by atoms with Crippen LogP contribution in [0, 0.1) is 0 Å². The number of hydrogen-bond donors (Lipinski definition) is 0. The molecule has 2 aromatic heterocycles. The van der Waals surface area contributed by atoms with Crippen LogP contribution in [-0.4, -0.2) is 38.3 Å². The topological polar surface area (TPSA) is 69.2 Å². The van der Waals surface area contributed by atoms with Crippen LogP contribution < -0.4 is 4.74 Å². The zero-order valence-corrected chi connectivity index (χ0v) is 14.1. The first kappa shape index (κ1) is 18.8. The summed E-state index contributed by atoms with van der Waals surface area (Å²) >= 11 is 0. The Morgan fingerprint density at radius 3 is 2.70 bits per heavy atom. The average Bonchev–Trinajstić information content (AvgIpc) is 3.24. The number of rotatable bonds is 8. The van der Waals surface area contributed by atoms with Crippen molar-refractivity contribution in [1.82, 2.24) is 24.6 Å². The maximum atomic E-state index is 12.9. The van der Waals surface area contributed by atoms with Crippen LogP contribution >= 0.6 is 0 Å². The summed E-state index contributed by atoms with van der Waals surface area (Å²) in [7, 11) is 1.67. The van der Waals surface area contributed by atoms with Crippen molar-refractivity contribution in [3.05, 3.63) is 48.4 Å². The second-order valence-corrected chi connectivity index (χ2v) is 5.59. The van der Waals surface area contributed by atoms with Gasteiger partial charge in [0, 0.05) is 12.4 Å². The van der Waals surface area contributed by atoms with E-state index in [1.807, 2.05) is 0 Å². The maximum absolute atomic E-state index is 12.9. The van der Waals surface area contributed by atoms with Gasteiger partial charge in [-0.3, -0.25) is 9.47 Å². The molecule has 11 heteroatoms. The maximum Gasteiger partial charge on any atom is 0.387 e. The predicted octanol–water partition coefficient (Wildman–Crippen LogP) is 3.56. The monoisotopic (exact) mass is 385 g/mol. The third-order valence-corrected chi connectivity index (χ3v) is 3.59. The number of nitrogens with zero attached hydrogens (tertiary/aromatic N) is 5. The molecule has 7 nitrogen and oxygen atoms in total. The van der Waals surface area contributed by atoms with Gasteiger partial charge in [-0.15, -0.1) is 0 Å². The van der Waals surface area contributed by atoms with Crippen LogP contribution in [0.2, 0.25) is 0 Å². The van der Waals surface area contributed by atoms with E-state index in [0.29, 0.717) is 0 Å². The SMILES string of the molecule is CN(Cc1nc(-c2ccccc2OC(F)F)no1)Cc1nccn1C(F)F. The quantitative estimate of drug-likeness (QED) is 0.553. The van der Waals surface area contributed by atoms with E-state index in [9.17, 15) is 17.6 Å². The molecule has 2 heterocycles. The molecule has 1 aromatic carbocycles. The summed E-state index contributed by atoms with van der Waals surface area (Å²) in [6.45, 7) is -5.39. The van der Waals surface area contributed by atoms with Gasteiger partial charge in [-0.2, -0.15) is 22.5 Å². The standard InChI is InChI=1S/C16H15F4N5O2/c1-24(8-12-21-6-7-25(12)15(17)18)9-13-22-14(23-27-13)10-4-2-3-5-11(10)26-16(19)20/h2-7,15-16H,8-9H2,1H3. The normalized spacial score (nSPS) is 11.7. The summed E-state index contributed by atoms with van der Waals surface area (Å²) in [6.07, 6.45) is 2.48. The van der Waals surface area contributed by atoms with Crippen molar-refractivity contribution in [3.63, 3.8) is 0 Å². The third-order valence-electron chi connectivity index (χ3n) is 3.59. The summed E-state index contributed by atoms with van der Waals surface area (Å²) in [5.41, 5.74) is 0.253. The molecule has 0 spiro atoms. The van der Waals surface area contributed by atoms with Crippen molar-refractivity contribution in [3.8, 4) is 17.1 Å². The molecule has 3 rings (SSSR count). The van der Waals surface area contributed by atoms with Gasteiger partial charge in [0.25, 0.3) is 0 Å². The largest absolute Gasteiger partial charge is 0.434 e. The third kappa shape index (κ3) is 4.61. The Morgan fingerprint density at radius 2 is 1.96 bits per heavy atom. The highest BCUT2D eigenvalue weighted by Crippen LogP contribution is 2.29. The van der Waals surface area contributed by atoms with E-state index in [-0.39, 0.29) is 41.9 Å². The van der Waals surface area contributed by atoms with E-state index in [1.165, 1.54) is 24.5 Å². The molecule has 0 fully saturated rings. The van der Waals surface area contributed by atoms with Gasteiger partial charge in [0.15, 0.2) is 0 Å². The summed E-state index contributed by atoms with van der Waals surface area (Å²) in [6, 6.07) is 6.06. The Hall–Kier alpha value is -2.95. The highest BCUT2D eigenvalue weighted by Gasteiger charge is 2.18. The number of hydrogen-bond acceptors (Lipinski definition) is 6. The van der Waals surface area contributed by atoms with Gasteiger partial charge in [-0.05, 0) is 19.2 Å². The number of aromatic nitrogens is 4. The van der Waals surface area contributed by atoms with E-state index in [4.69, 9.17) is 4.52 Å². The van der Waals surface area contributed by atoms with Gasteiger partial charge in [0.1, 0.15) is 11.6 Å². The molecule has 0 saturated heterocycles. The van der Waals surface area contributed by atoms with Gasteiger partial charge in [-0.25, -0.2) is 4.98 Å². The Morgan fingerprint density at radius 1 is 1.19 bits per heavy atom. The van der Waals surface area contributed by atoms with E-state index < -0.39 is 13.2 Å². The second-order valence-electron chi connectivity index (χ2n) is 5.59. The first-order valence-corrected chi connectivity index (χ1v) is 7.79. The van der Waals surface area contributed by atoms with E-state index in [0.717, 1.165) is 4.57 Å². The summed E-state index contributed by atoms with van der Waals surface area (Å²) in [5.74, 6) is 0.383. The smallest absolute Gasteiger partial charge is 0.387 e.